The van der Waals surface area contributed by atoms with E-state index < -0.39 is 5.97 Å². The van der Waals surface area contributed by atoms with Crippen LogP contribution in [0.4, 0.5) is 5.82 Å². The van der Waals surface area contributed by atoms with Crippen LogP contribution >= 0.6 is 34.8 Å². The summed E-state index contributed by atoms with van der Waals surface area (Å²) in [5.41, 5.74) is -0.0862. The molecular formula is C12H16Cl3N3O3. The van der Waals surface area contributed by atoms with Gasteiger partial charge in [0.1, 0.15) is 5.02 Å². The van der Waals surface area contributed by atoms with Crippen LogP contribution in [0.25, 0.3) is 0 Å². The number of halogens is 3. The molecule has 1 rings (SSSR count). The van der Waals surface area contributed by atoms with E-state index in [-0.39, 0.29) is 27.9 Å². The number of carbonyl (C=O) groups excluding carboxylic acids is 1. The Morgan fingerprint density at radius 1 is 1.38 bits per heavy atom. The lowest BCUT2D eigenvalue weighted by Crippen LogP contribution is -2.23. The molecule has 1 heterocycles. The Morgan fingerprint density at radius 2 is 2.10 bits per heavy atom. The minimum absolute atomic E-state index is 0.0545. The van der Waals surface area contributed by atoms with Gasteiger partial charge in [0.25, 0.3) is 0 Å². The third kappa shape index (κ3) is 5.82. The molecular weight excluding hydrogens is 341 g/mol. The second-order valence-corrected chi connectivity index (χ2v) is 5.25. The maximum atomic E-state index is 11.5. The van der Waals surface area contributed by atoms with Crippen LogP contribution in [-0.2, 0) is 9.47 Å². The number of hydrogen-bond donors (Lipinski definition) is 1. The molecule has 1 atom stereocenters. The molecule has 9 heteroatoms. The van der Waals surface area contributed by atoms with E-state index in [2.05, 4.69) is 20.0 Å². The number of alkyl halides is 1. The van der Waals surface area contributed by atoms with Crippen molar-refractivity contribution in [2.45, 2.75) is 19.4 Å². The first-order valence-corrected chi connectivity index (χ1v) is 7.50. The summed E-state index contributed by atoms with van der Waals surface area (Å²) in [6.45, 7) is 2.88. The molecule has 0 amide bonds. The number of methoxy groups -OCH3 is 1. The third-order valence-corrected chi connectivity index (χ3v) is 3.17. The quantitative estimate of drug-likeness (QED) is 0.334. The van der Waals surface area contributed by atoms with Gasteiger partial charge in [0.15, 0.2) is 11.5 Å². The SMILES string of the molecule is COC(=O)c1nc(Cl)nc(N[C@H](C)COCCCCl)c1Cl. The van der Waals surface area contributed by atoms with Gasteiger partial charge in [0.2, 0.25) is 5.28 Å². The van der Waals surface area contributed by atoms with Crippen LogP contribution in [0.2, 0.25) is 10.3 Å². The number of nitrogens with zero attached hydrogens (tertiary/aromatic N) is 2. The topological polar surface area (TPSA) is 73.3 Å². The Hall–Kier alpha value is -0.820. The molecule has 0 fully saturated rings. The lowest BCUT2D eigenvalue weighted by atomic mass is 10.3. The van der Waals surface area contributed by atoms with Crippen LogP contribution in [0.1, 0.15) is 23.8 Å². The Kier molecular flexibility index (Phi) is 8.03. The van der Waals surface area contributed by atoms with Gasteiger partial charge in [-0.3, -0.25) is 0 Å². The molecule has 118 valence electrons. The van der Waals surface area contributed by atoms with Gasteiger partial charge in [-0.1, -0.05) is 11.6 Å². The Balaban J connectivity index is 2.74. The predicted octanol–water partition coefficient (Wildman–Crippen LogP) is 3.02. The zero-order valence-electron chi connectivity index (χ0n) is 11.7. The molecule has 0 aliphatic heterocycles. The summed E-state index contributed by atoms with van der Waals surface area (Å²) in [6, 6.07) is -0.0886. The Labute approximate surface area is 138 Å². The minimum atomic E-state index is -0.682. The van der Waals surface area contributed by atoms with E-state index in [1.807, 2.05) is 6.92 Å². The van der Waals surface area contributed by atoms with E-state index in [1.54, 1.807) is 0 Å². The van der Waals surface area contributed by atoms with Crippen LogP contribution in [-0.4, -0.2) is 48.2 Å². The summed E-state index contributed by atoms with van der Waals surface area (Å²) in [6.07, 6.45) is 0.779. The Bertz CT molecular complexity index is 488. The summed E-state index contributed by atoms with van der Waals surface area (Å²) in [5, 5.41) is 2.97. The highest BCUT2D eigenvalue weighted by atomic mass is 35.5. The third-order valence-electron chi connectivity index (χ3n) is 2.38. The molecule has 1 N–H and O–H groups in total. The summed E-state index contributed by atoms with van der Waals surface area (Å²) < 4.78 is 10.0. The number of aromatic nitrogens is 2. The fraction of sp³-hybridized carbons (Fsp3) is 0.583. The highest BCUT2D eigenvalue weighted by Crippen LogP contribution is 2.25. The van der Waals surface area contributed by atoms with Crippen molar-refractivity contribution in [2.75, 3.05) is 31.5 Å². The predicted molar refractivity (Wildman–Crippen MR) is 82.6 cm³/mol. The molecule has 1 aromatic rings. The smallest absolute Gasteiger partial charge is 0.358 e. The molecule has 0 aromatic carbocycles. The van der Waals surface area contributed by atoms with Crippen LogP contribution in [0.3, 0.4) is 0 Å². The molecule has 0 spiro atoms. The zero-order chi connectivity index (χ0) is 15.8. The second-order valence-electron chi connectivity index (χ2n) is 4.16. The van der Waals surface area contributed by atoms with E-state index in [4.69, 9.17) is 39.5 Å². The largest absolute Gasteiger partial charge is 0.464 e. The second kappa shape index (κ2) is 9.25. The maximum Gasteiger partial charge on any atom is 0.358 e. The van der Waals surface area contributed by atoms with Gasteiger partial charge >= 0.3 is 5.97 Å². The maximum absolute atomic E-state index is 11.5. The van der Waals surface area contributed by atoms with Crippen molar-refractivity contribution in [3.63, 3.8) is 0 Å². The summed E-state index contributed by atoms with van der Waals surface area (Å²) in [7, 11) is 1.23. The van der Waals surface area contributed by atoms with Gasteiger partial charge in [0.05, 0.1) is 13.7 Å². The van der Waals surface area contributed by atoms with E-state index in [0.29, 0.717) is 19.1 Å². The molecule has 0 saturated heterocycles. The summed E-state index contributed by atoms with van der Waals surface area (Å²) in [4.78, 5) is 19.3. The molecule has 0 saturated carbocycles. The number of esters is 1. The van der Waals surface area contributed by atoms with Crippen molar-refractivity contribution in [2.24, 2.45) is 0 Å². The van der Waals surface area contributed by atoms with E-state index in [0.717, 1.165) is 6.42 Å². The first-order valence-electron chi connectivity index (χ1n) is 6.21. The van der Waals surface area contributed by atoms with Crippen molar-refractivity contribution >= 4 is 46.6 Å². The molecule has 0 aliphatic rings. The molecule has 0 bridgehead atoms. The molecule has 6 nitrogen and oxygen atoms in total. The fourth-order valence-corrected chi connectivity index (χ4v) is 1.93. The highest BCUT2D eigenvalue weighted by molar-refractivity contribution is 6.36. The highest BCUT2D eigenvalue weighted by Gasteiger charge is 2.20. The van der Waals surface area contributed by atoms with E-state index >= 15 is 0 Å². The van der Waals surface area contributed by atoms with Gasteiger partial charge in [-0.2, -0.15) is 4.98 Å². The van der Waals surface area contributed by atoms with Crippen LogP contribution < -0.4 is 5.32 Å². The monoisotopic (exact) mass is 355 g/mol. The van der Waals surface area contributed by atoms with Gasteiger partial charge in [-0.25, -0.2) is 9.78 Å². The van der Waals surface area contributed by atoms with Gasteiger partial charge < -0.3 is 14.8 Å². The Morgan fingerprint density at radius 3 is 2.71 bits per heavy atom. The number of nitrogens with one attached hydrogen (secondary N) is 1. The average Bonchev–Trinajstić information content (AvgIpc) is 2.46. The molecule has 0 radical (unpaired) electrons. The molecule has 21 heavy (non-hydrogen) atoms. The van der Waals surface area contributed by atoms with Crippen molar-refractivity contribution in [1.82, 2.24) is 9.97 Å². The number of hydrogen-bond acceptors (Lipinski definition) is 6. The summed E-state index contributed by atoms with van der Waals surface area (Å²) in [5.74, 6) is 0.126. The van der Waals surface area contributed by atoms with E-state index in [9.17, 15) is 4.79 Å². The van der Waals surface area contributed by atoms with Crippen LogP contribution in [0.5, 0.6) is 0 Å². The van der Waals surface area contributed by atoms with Gasteiger partial charge in [-0.15, -0.1) is 11.6 Å². The summed E-state index contributed by atoms with van der Waals surface area (Å²) >= 11 is 17.4. The minimum Gasteiger partial charge on any atom is -0.464 e. The molecule has 1 aromatic heterocycles. The lowest BCUT2D eigenvalue weighted by molar-refractivity contribution is 0.0594. The van der Waals surface area contributed by atoms with Gasteiger partial charge in [0, 0.05) is 18.5 Å². The van der Waals surface area contributed by atoms with Crippen molar-refractivity contribution < 1.29 is 14.3 Å². The standard InChI is InChI=1S/C12H16Cl3N3O3/c1-7(6-21-5-3-4-13)16-10-8(14)9(11(19)20-2)17-12(15)18-10/h7H,3-6H2,1-2H3,(H,16,17,18)/t7-/m1/s1. The molecule has 0 unspecified atom stereocenters. The van der Waals surface area contributed by atoms with Crippen molar-refractivity contribution in [3.05, 3.63) is 16.0 Å². The van der Waals surface area contributed by atoms with E-state index in [1.165, 1.54) is 7.11 Å². The normalized spacial score (nSPS) is 12.0. The van der Waals surface area contributed by atoms with Crippen molar-refractivity contribution in [3.8, 4) is 0 Å². The van der Waals surface area contributed by atoms with Crippen molar-refractivity contribution in [1.29, 1.82) is 0 Å². The zero-order valence-corrected chi connectivity index (χ0v) is 13.9. The number of anilines is 1. The fourth-order valence-electron chi connectivity index (χ4n) is 1.44. The number of rotatable bonds is 8. The van der Waals surface area contributed by atoms with Crippen LogP contribution in [0, 0.1) is 0 Å². The number of ether oxygens (including phenoxy) is 2. The molecule has 0 aliphatic carbocycles. The van der Waals surface area contributed by atoms with Crippen LogP contribution in [0.15, 0.2) is 0 Å². The van der Waals surface area contributed by atoms with Gasteiger partial charge in [-0.05, 0) is 24.9 Å². The first-order chi connectivity index (χ1) is 9.99. The first kappa shape index (κ1) is 18.2. The lowest BCUT2D eigenvalue weighted by Gasteiger charge is -2.16. The number of carbonyl (C=O) groups is 1. The average molecular weight is 357 g/mol.